The second-order valence-corrected chi connectivity index (χ2v) is 5.52. The third-order valence-corrected chi connectivity index (χ3v) is 3.72. The standard InChI is InChI=1S/C17H25N3/c1-4-15(3)20-11-10-17(19-20)13-18-14(2)12-16-8-6-5-7-9-16/h5-11,14-15,18H,4,12-13H2,1-3H3. The molecule has 0 aliphatic heterocycles. The highest BCUT2D eigenvalue weighted by atomic mass is 15.3. The Morgan fingerprint density at radius 1 is 1.15 bits per heavy atom. The van der Waals surface area contributed by atoms with Crippen LogP contribution in [0.4, 0.5) is 0 Å². The van der Waals surface area contributed by atoms with Crippen molar-refractivity contribution >= 4 is 0 Å². The van der Waals surface area contributed by atoms with E-state index in [-0.39, 0.29) is 0 Å². The largest absolute Gasteiger partial charge is 0.308 e. The molecule has 0 aliphatic rings. The molecule has 2 aromatic rings. The molecule has 0 radical (unpaired) electrons. The van der Waals surface area contributed by atoms with Crippen molar-refractivity contribution in [3.05, 3.63) is 53.9 Å². The van der Waals surface area contributed by atoms with Crippen molar-refractivity contribution in [2.45, 2.75) is 52.2 Å². The Hall–Kier alpha value is -1.61. The van der Waals surface area contributed by atoms with Crippen LogP contribution in [0.15, 0.2) is 42.6 Å². The zero-order valence-corrected chi connectivity index (χ0v) is 12.7. The average molecular weight is 271 g/mol. The number of benzene rings is 1. The zero-order valence-electron chi connectivity index (χ0n) is 12.7. The van der Waals surface area contributed by atoms with Crippen molar-refractivity contribution in [2.24, 2.45) is 0 Å². The molecular weight excluding hydrogens is 246 g/mol. The predicted octanol–water partition coefficient (Wildman–Crippen LogP) is 3.57. The van der Waals surface area contributed by atoms with E-state index in [4.69, 9.17) is 0 Å². The van der Waals surface area contributed by atoms with Gasteiger partial charge in [0.1, 0.15) is 0 Å². The van der Waals surface area contributed by atoms with Crippen LogP contribution < -0.4 is 5.32 Å². The highest BCUT2D eigenvalue weighted by Crippen LogP contribution is 2.09. The number of rotatable bonds is 7. The summed E-state index contributed by atoms with van der Waals surface area (Å²) >= 11 is 0. The lowest BCUT2D eigenvalue weighted by Gasteiger charge is -2.13. The second-order valence-electron chi connectivity index (χ2n) is 5.52. The smallest absolute Gasteiger partial charge is 0.0762 e. The lowest BCUT2D eigenvalue weighted by atomic mass is 10.1. The third kappa shape index (κ3) is 4.20. The molecule has 1 heterocycles. The van der Waals surface area contributed by atoms with Gasteiger partial charge in [0.05, 0.1) is 5.69 Å². The molecule has 20 heavy (non-hydrogen) atoms. The van der Waals surface area contributed by atoms with Gasteiger partial charge in [-0.2, -0.15) is 5.10 Å². The second kappa shape index (κ2) is 7.25. The molecule has 1 aromatic carbocycles. The SMILES string of the molecule is CCC(C)n1ccc(CNC(C)Cc2ccccc2)n1. The summed E-state index contributed by atoms with van der Waals surface area (Å²) in [5.41, 5.74) is 2.49. The van der Waals surface area contributed by atoms with Gasteiger partial charge in [0.25, 0.3) is 0 Å². The molecule has 2 atom stereocenters. The fourth-order valence-electron chi connectivity index (χ4n) is 2.22. The monoisotopic (exact) mass is 271 g/mol. The number of hydrogen-bond donors (Lipinski definition) is 1. The van der Waals surface area contributed by atoms with Crippen LogP contribution in [0, 0.1) is 0 Å². The first-order valence-electron chi connectivity index (χ1n) is 7.50. The van der Waals surface area contributed by atoms with E-state index in [2.05, 4.69) is 78.5 Å². The Morgan fingerprint density at radius 3 is 2.60 bits per heavy atom. The Balaban J connectivity index is 1.81. The van der Waals surface area contributed by atoms with Crippen LogP contribution in [-0.4, -0.2) is 15.8 Å². The van der Waals surface area contributed by atoms with Crippen molar-refractivity contribution in [3.8, 4) is 0 Å². The van der Waals surface area contributed by atoms with Crippen LogP contribution >= 0.6 is 0 Å². The summed E-state index contributed by atoms with van der Waals surface area (Å²) in [6.45, 7) is 7.44. The van der Waals surface area contributed by atoms with Gasteiger partial charge in [-0.25, -0.2) is 0 Å². The van der Waals surface area contributed by atoms with Crippen LogP contribution in [0.5, 0.6) is 0 Å². The normalized spacial score (nSPS) is 14.2. The van der Waals surface area contributed by atoms with E-state index >= 15 is 0 Å². The molecule has 0 saturated heterocycles. The number of nitrogens with one attached hydrogen (secondary N) is 1. The molecule has 2 rings (SSSR count). The molecule has 0 spiro atoms. The quantitative estimate of drug-likeness (QED) is 0.834. The van der Waals surface area contributed by atoms with Crippen molar-refractivity contribution in [1.29, 1.82) is 0 Å². The minimum atomic E-state index is 0.450. The summed E-state index contributed by atoms with van der Waals surface area (Å²) < 4.78 is 2.05. The first-order chi connectivity index (χ1) is 9.69. The Labute approximate surface area is 122 Å². The number of aromatic nitrogens is 2. The van der Waals surface area contributed by atoms with Crippen LogP contribution in [-0.2, 0) is 13.0 Å². The van der Waals surface area contributed by atoms with Crippen molar-refractivity contribution in [2.75, 3.05) is 0 Å². The predicted molar refractivity (Wildman–Crippen MR) is 83.7 cm³/mol. The summed E-state index contributed by atoms with van der Waals surface area (Å²) in [6.07, 6.45) is 4.24. The van der Waals surface area contributed by atoms with E-state index in [1.165, 1.54) is 5.56 Å². The number of nitrogens with zero attached hydrogens (tertiary/aromatic N) is 2. The lowest BCUT2D eigenvalue weighted by Crippen LogP contribution is -2.27. The van der Waals surface area contributed by atoms with Gasteiger partial charge in [0, 0.05) is 24.8 Å². The zero-order chi connectivity index (χ0) is 14.4. The molecule has 0 aliphatic carbocycles. The van der Waals surface area contributed by atoms with Crippen LogP contribution in [0.25, 0.3) is 0 Å². The van der Waals surface area contributed by atoms with E-state index in [9.17, 15) is 0 Å². The fourth-order valence-corrected chi connectivity index (χ4v) is 2.22. The summed E-state index contributed by atoms with van der Waals surface area (Å²) in [7, 11) is 0. The molecule has 3 heteroatoms. The average Bonchev–Trinajstić information content (AvgIpc) is 2.94. The maximum absolute atomic E-state index is 4.61. The van der Waals surface area contributed by atoms with Gasteiger partial charge in [-0.15, -0.1) is 0 Å². The van der Waals surface area contributed by atoms with Crippen LogP contribution in [0.3, 0.4) is 0 Å². The van der Waals surface area contributed by atoms with Gasteiger partial charge < -0.3 is 5.32 Å². The van der Waals surface area contributed by atoms with Gasteiger partial charge in [-0.1, -0.05) is 37.3 Å². The molecular formula is C17H25N3. The van der Waals surface area contributed by atoms with E-state index in [0.717, 1.165) is 25.1 Å². The van der Waals surface area contributed by atoms with Gasteiger partial charge >= 0.3 is 0 Å². The molecule has 3 nitrogen and oxygen atoms in total. The molecule has 2 unspecified atom stereocenters. The topological polar surface area (TPSA) is 29.9 Å². The summed E-state index contributed by atoms with van der Waals surface area (Å²) in [5.74, 6) is 0. The molecule has 1 N–H and O–H groups in total. The first-order valence-corrected chi connectivity index (χ1v) is 7.50. The molecule has 0 fully saturated rings. The Bertz CT molecular complexity index is 504. The minimum absolute atomic E-state index is 0.450. The van der Waals surface area contributed by atoms with Crippen molar-refractivity contribution in [1.82, 2.24) is 15.1 Å². The Morgan fingerprint density at radius 2 is 1.90 bits per heavy atom. The molecule has 0 saturated carbocycles. The summed E-state index contributed by atoms with van der Waals surface area (Å²) in [4.78, 5) is 0. The van der Waals surface area contributed by atoms with Gasteiger partial charge in [-0.05, 0) is 38.3 Å². The molecule has 1 aromatic heterocycles. The van der Waals surface area contributed by atoms with E-state index in [1.54, 1.807) is 0 Å². The van der Waals surface area contributed by atoms with Crippen LogP contribution in [0.1, 0.15) is 44.5 Å². The molecule has 108 valence electrons. The lowest BCUT2D eigenvalue weighted by molar-refractivity contribution is 0.467. The molecule has 0 bridgehead atoms. The van der Waals surface area contributed by atoms with E-state index in [1.807, 2.05) is 0 Å². The summed E-state index contributed by atoms with van der Waals surface area (Å²) in [5, 5.41) is 8.16. The maximum Gasteiger partial charge on any atom is 0.0762 e. The van der Waals surface area contributed by atoms with Crippen molar-refractivity contribution in [3.63, 3.8) is 0 Å². The highest BCUT2D eigenvalue weighted by Gasteiger charge is 2.07. The maximum atomic E-state index is 4.61. The Kier molecular flexibility index (Phi) is 5.36. The van der Waals surface area contributed by atoms with E-state index in [0.29, 0.717) is 12.1 Å². The van der Waals surface area contributed by atoms with Gasteiger partial charge in [0.2, 0.25) is 0 Å². The van der Waals surface area contributed by atoms with Crippen molar-refractivity contribution < 1.29 is 0 Å². The van der Waals surface area contributed by atoms with Gasteiger partial charge in [-0.3, -0.25) is 4.68 Å². The third-order valence-electron chi connectivity index (χ3n) is 3.72. The first kappa shape index (κ1) is 14.8. The van der Waals surface area contributed by atoms with E-state index < -0.39 is 0 Å². The molecule has 0 amide bonds. The van der Waals surface area contributed by atoms with Gasteiger partial charge in [0.15, 0.2) is 0 Å². The minimum Gasteiger partial charge on any atom is -0.308 e. The fraction of sp³-hybridized carbons (Fsp3) is 0.471. The van der Waals surface area contributed by atoms with Crippen LogP contribution in [0.2, 0.25) is 0 Å². The number of hydrogen-bond acceptors (Lipinski definition) is 2. The summed E-state index contributed by atoms with van der Waals surface area (Å²) in [6, 6.07) is 13.6. The highest BCUT2D eigenvalue weighted by molar-refractivity contribution is 5.15.